The summed E-state index contributed by atoms with van der Waals surface area (Å²) in [5.41, 5.74) is 0.894. The van der Waals surface area contributed by atoms with Gasteiger partial charge >= 0.3 is 17.9 Å². The summed E-state index contributed by atoms with van der Waals surface area (Å²) < 4.78 is 27.3. The van der Waals surface area contributed by atoms with E-state index in [1.807, 2.05) is 0 Å². The number of carbonyl (C=O) groups is 5. The van der Waals surface area contributed by atoms with E-state index in [4.69, 9.17) is 23.7 Å². The zero-order valence-electron chi connectivity index (χ0n) is 26.9. The Morgan fingerprint density at radius 2 is 1.53 bits per heavy atom. The molecule has 13 nitrogen and oxygen atoms in total. The molecule has 4 rings (SSSR count). The summed E-state index contributed by atoms with van der Waals surface area (Å²) >= 11 is 0. The zero-order chi connectivity index (χ0) is 33.6. The molecule has 2 aromatic rings. The summed E-state index contributed by atoms with van der Waals surface area (Å²) in [6.45, 7) is 5.58. The molecule has 2 saturated heterocycles. The lowest BCUT2D eigenvalue weighted by Crippen LogP contribution is -2.41. The molecule has 2 fully saturated rings. The minimum absolute atomic E-state index is 0.0108. The first-order chi connectivity index (χ1) is 22.7. The third-order valence-corrected chi connectivity index (χ3v) is 7.83. The predicted molar refractivity (Wildman–Crippen MR) is 170 cm³/mol. The number of anilines is 1. The highest BCUT2D eigenvalue weighted by atomic mass is 16.6. The number of hydrogen-bond donors (Lipinski definition) is 2. The van der Waals surface area contributed by atoms with Crippen LogP contribution in [0.4, 0.5) is 5.69 Å². The maximum absolute atomic E-state index is 13.3. The maximum atomic E-state index is 13.3. The Bertz CT molecular complexity index is 1400. The number of piperidine rings is 2. The quantitative estimate of drug-likeness (QED) is 0.228. The van der Waals surface area contributed by atoms with Gasteiger partial charge < -0.3 is 39.2 Å². The Kier molecular flexibility index (Phi) is 13.7. The van der Waals surface area contributed by atoms with Crippen LogP contribution in [0.25, 0.3) is 0 Å². The SMILES string of the molecule is CCOC(=O)COC1CCN(C(=O)CCc2c(NC(=O)COC3CCNCC3)cccc2OC(=O)c2ccccc2OC(C)=O)CC1. The molecule has 2 N–H and O–H groups in total. The zero-order valence-corrected chi connectivity index (χ0v) is 26.9. The van der Waals surface area contributed by atoms with E-state index in [2.05, 4.69) is 10.6 Å². The Labute approximate surface area is 274 Å². The summed E-state index contributed by atoms with van der Waals surface area (Å²) in [4.78, 5) is 64.5. The molecule has 0 atom stereocenters. The standard InChI is InChI=1S/C34H43N3O10/c1-3-43-33(41)22-45-25-15-19-37(20-16-25)32(40)12-11-26-28(36-31(39)21-44-24-13-17-35-18-14-24)8-6-10-29(26)47-34(42)27-7-4-5-9-30(27)46-23(2)38/h4-10,24-25,35H,3,11-22H2,1-2H3,(H,36,39). The van der Waals surface area contributed by atoms with Crippen LogP contribution >= 0.6 is 0 Å². The lowest BCUT2D eigenvalue weighted by Gasteiger charge is -2.32. The van der Waals surface area contributed by atoms with Gasteiger partial charge in [-0.05, 0) is 76.4 Å². The van der Waals surface area contributed by atoms with Crippen molar-refractivity contribution >= 4 is 35.4 Å². The second-order valence-electron chi connectivity index (χ2n) is 11.3. The van der Waals surface area contributed by atoms with Crippen LogP contribution in [-0.2, 0) is 39.8 Å². The molecule has 254 valence electrons. The van der Waals surface area contributed by atoms with Gasteiger partial charge in [0.2, 0.25) is 11.8 Å². The van der Waals surface area contributed by atoms with Crippen molar-refractivity contribution in [2.24, 2.45) is 0 Å². The second kappa shape index (κ2) is 18.1. The number of ether oxygens (including phenoxy) is 5. The molecule has 2 heterocycles. The van der Waals surface area contributed by atoms with Crippen molar-refractivity contribution in [3.8, 4) is 11.5 Å². The van der Waals surface area contributed by atoms with Gasteiger partial charge in [-0.25, -0.2) is 9.59 Å². The number of carbonyl (C=O) groups excluding carboxylic acids is 5. The topological polar surface area (TPSA) is 159 Å². The molecule has 0 aliphatic carbocycles. The first-order valence-electron chi connectivity index (χ1n) is 16.0. The van der Waals surface area contributed by atoms with E-state index in [1.165, 1.54) is 19.1 Å². The predicted octanol–water partition coefficient (Wildman–Crippen LogP) is 3.04. The molecular formula is C34H43N3O10. The molecule has 2 aromatic carbocycles. The Balaban J connectivity index is 1.44. The molecule has 47 heavy (non-hydrogen) atoms. The van der Waals surface area contributed by atoms with Gasteiger partial charge in [-0.3, -0.25) is 14.4 Å². The van der Waals surface area contributed by atoms with Crippen molar-refractivity contribution in [3.05, 3.63) is 53.6 Å². The Hall–Kier alpha value is -4.33. The van der Waals surface area contributed by atoms with Gasteiger partial charge in [0.25, 0.3) is 0 Å². The van der Waals surface area contributed by atoms with Gasteiger partial charge in [0, 0.05) is 37.7 Å². The van der Waals surface area contributed by atoms with Crippen LogP contribution in [0.5, 0.6) is 11.5 Å². The van der Waals surface area contributed by atoms with E-state index in [9.17, 15) is 24.0 Å². The van der Waals surface area contributed by atoms with Crippen molar-refractivity contribution in [2.75, 3.05) is 51.3 Å². The van der Waals surface area contributed by atoms with Crippen LogP contribution in [0, 0.1) is 0 Å². The minimum atomic E-state index is -0.767. The average molecular weight is 654 g/mol. The highest BCUT2D eigenvalue weighted by Gasteiger charge is 2.26. The van der Waals surface area contributed by atoms with Crippen LogP contribution in [-0.4, -0.2) is 92.8 Å². The van der Waals surface area contributed by atoms with Crippen LogP contribution in [0.1, 0.15) is 61.9 Å². The molecule has 2 amide bonds. The van der Waals surface area contributed by atoms with E-state index in [-0.39, 0.29) is 73.7 Å². The third-order valence-electron chi connectivity index (χ3n) is 7.83. The van der Waals surface area contributed by atoms with E-state index in [0.29, 0.717) is 37.2 Å². The molecule has 2 aliphatic heterocycles. The number of benzene rings is 2. The average Bonchev–Trinajstić information content (AvgIpc) is 3.07. The van der Waals surface area contributed by atoms with Gasteiger partial charge in [-0.2, -0.15) is 0 Å². The van der Waals surface area contributed by atoms with Crippen molar-refractivity contribution < 1.29 is 47.7 Å². The van der Waals surface area contributed by atoms with Crippen molar-refractivity contribution in [1.29, 1.82) is 0 Å². The van der Waals surface area contributed by atoms with Gasteiger partial charge in [0.1, 0.15) is 30.3 Å². The summed E-state index contributed by atoms with van der Waals surface area (Å²) in [5.74, 6) is -2.04. The molecule has 0 saturated carbocycles. The molecule has 2 aliphatic rings. The molecule has 0 aromatic heterocycles. The fraction of sp³-hybridized carbons (Fsp3) is 0.500. The number of para-hydroxylation sites is 1. The molecule has 0 spiro atoms. The van der Waals surface area contributed by atoms with E-state index >= 15 is 0 Å². The first kappa shape index (κ1) is 35.5. The highest BCUT2D eigenvalue weighted by molar-refractivity contribution is 5.96. The Morgan fingerprint density at radius 3 is 2.26 bits per heavy atom. The van der Waals surface area contributed by atoms with Crippen LogP contribution in [0.15, 0.2) is 42.5 Å². The lowest BCUT2D eigenvalue weighted by molar-refractivity contribution is -0.152. The number of rotatable bonds is 14. The van der Waals surface area contributed by atoms with Crippen LogP contribution in [0.2, 0.25) is 0 Å². The van der Waals surface area contributed by atoms with Crippen molar-refractivity contribution in [1.82, 2.24) is 10.2 Å². The molecule has 0 bridgehead atoms. The number of esters is 3. The van der Waals surface area contributed by atoms with Crippen LogP contribution in [0.3, 0.4) is 0 Å². The Morgan fingerprint density at radius 1 is 0.851 bits per heavy atom. The van der Waals surface area contributed by atoms with Gasteiger partial charge in [0.05, 0.1) is 18.8 Å². The van der Waals surface area contributed by atoms with E-state index in [0.717, 1.165) is 25.9 Å². The van der Waals surface area contributed by atoms with E-state index < -0.39 is 17.9 Å². The number of nitrogens with zero attached hydrogens (tertiary/aromatic N) is 1. The van der Waals surface area contributed by atoms with Gasteiger partial charge in [0.15, 0.2) is 0 Å². The molecule has 0 radical (unpaired) electrons. The van der Waals surface area contributed by atoms with Crippen molar-refractivity contribution in [2.45, 2.75) is 64.6 Å². The maximum Gasteiger partial charge on any atom is 0.347 e. The third kappa shape index (κ3) is 11.2. The largest absolute Gasteiger partial charge is 0.464 e. The molecule has 0 unspecified atom stereocenters. The second-order valence-corrected chi connectivity index (χ2v) is 11.3. The lowest BCUT2D eigenvalue weighted by atomic mass is 10.0. The number of likely N-dealkylation sites (tertiary alicyclic amines) is 1. The highest BCUT2D eigenvalue weighted by Crippen LogP contribution is 2.31. The molecular weight excluding hydrogens is 610 g/mol. The summed E-state index contributed by atoms with van der Waals surface area (Å²) in [5, 5.41) is 6.12. The number of nitrogens with one attached hydrogen (secondary N) is 2. The van der Waals surface area contributed by atoms with Gasteiger partial charge in [-0.15, -0.1) is 0 Å². The minimum Gasteiger partial charge on any atom is -0.464 e. The summed E-state index contributed by atoms with van der Waals surface area (Å²) in [6.07, 6.45) is 2.89. The smallest absolute Gasteiger partial charge is 0.347 e. The number of hydrogen-bond acceptors (Lipinski definition) is 11. The monoisotopic (exact) mass is 653 g/mol. The summed E-state index contributed by atoms with van der Waals surface area (Å²) in [6, 6.07) is 11.1. The van der Waals surface area contributed by atoms with Gasteiger partial charge in [-0.1, -0.05) is 18.2 Å². The first-order valence-corrected chi connectivity index (χ1v) is 16.0. The van der Waals surface area contributed by atoms with E-state index in [1.54, 1.807) is 42.2 Å². The van der Waals surface area contributed by atoms with Crippen LogP contribution < -0.4 is 20.1 Å². The fourth-order valence-corrected chi connectivity index (χ4v) is 5.46. The fourth-order valence-electron chi connectivity index (χ4n) is 5.46. The normalized spacial score (nSPS) is 15.5. The van der Waals surface area contributed by atoms with Crippen molar-refractivity contribution in [3.63, 3.8) is 0 Å². The molecule has 13 heteroatoms. The number of amides is 2. The summed E-state index contributed by atoms with van der Waals surface area (Å²) in [7, 11) is 0.